The van der Waals surface area contributed by atoms with E-state index in [1.807, 2.05) is 60.7 Å². The molecule has 0 aliphatic rings. The fourth-order valence-electron chi connectivity index (χ4n) is 9.84. The van der Waals surface area contributed by atoms with Crippen molar-refractivity contribution in [1.29, 1.82) is 0 Å². The Morgan fingerprint density at radius 2 is 0.769 bits per heavy atom. The van der Waals surface area contributed by atoms with Crippen LogP contribution in [-0.4, -0.2) is 4.40 Å². The van der Waals surface area contributed by atoms with E-state index in [4.69, 9.17) is 0 Å². The molecule has 0 amide bonds. The molecule has 10 aromatic carbocycles. The Morgan fingerprint density at radius 3 is 1.20 bits per heavy atom. The van der Waals surface area contributed by atoms with Crippen LogP contribution in [0.3, 0.4) is 0 Å². The summed E-state index contributed by atoms with van der Waals surface area (Å²) in [5.74, 6) is -0.535. The molecule has 3 nitrogen and oxygen atoms in total. The minimum Gasteiger partial charge on any atom is -0.310 e. The average Bonchev–Trinajstić information content (AvgIpc) is 3.82. The molecule has 12 rings (SSSR count). The fraction of sp³-hybridized carbons (Fsp3) is 0.0667. The topological polar surface area (TPSA) is 10.9 Å². The monoisotopic (exact) mass is 843 g/mol. The zero-order valence-corrected chi connectivity index (χ0v) is 36.2. The third-order valence-electron chi connectivity index (χ3n) is 13.1. The van der Waals surface area contributed by atoms with Gasteiger partial charge in [0.05, 0.1) is 16.6 Å². The van der Waals surface area contributed by atoms with E-state index < -0.39 is 0 Å². The van der Waals surface area contributed by atoms with Crippen LogP contribution in [0.2, 0.25) is 0 Å². The lowest BCUT2D eigenvalue weighted by molar-refractivity contribution is 0.590. The maximum absolute atomic E-state index is 14.2. The van der Waals surface area contributed by atoms with Crippen LogP contribution in [0.1, 0.15) is 26.3 Å². The van der Waals surface area contributed by atoms with E-state index in [1.54, 1.807) is 0 Å². The number of nitrogens with zero attached hydrogens (tertiary/aromatic N) is 3. The summed E-state index contributed by atoms with van der Waals surface area (Å²) < 4.78 is 30.9. The van der Waals surface area contributed by atoms with Gasteiger partial charge in [0.2, 0.25) is 0 Å². The summed E-state index contributed by atoms with van der Waals surface area (Å²) in [4.78, 5) is 4.35. The van der Waals surface area contributed by atoms with Crippen LogP contribution in [0.5, 0.6) is 0 Å². The number of rotatable bonds is 7. The summed E-state index contributed by atoms with van der Waals surface area (Å²) in [6.07, 6.45) is 0. The Labute approximate surface area is 376 Å². The second-order valence-corrected chi connectivity index (χ2v) is 18.2. The van der Waals surface area contributed by atoms with Gasteiger partial charge in [-0.2, -0.15) is 0 Å². The molecule has 0 bridgehead atoms. The van der Waals surface area contributed by atoms with Gasteiger partial charge in [0.25, 0.3) is 0 Å². The van der Waals surface area contributed by atoms with E-state index in [0.29, 0.717) is 0 Å². The normalized spacial score (nSPS) is 12.1. The molecule has 0 aliphatic carbocycles. The lowest BCUT2D eigenvalue weighted by Gasteiger charge is -2.25. The summed E-state index contributed by atoms with van der Waals surface area (Å²) in [5, 5.41) is 9.29. The van der Waals surface area contributed by atoms with Crippen molar-refractivity contribution < 1.29 is 8.78 Å². The zero-order valence-electron chi connectivity index (χ0n) is 36.2. The number of benzene rings is 10. The third kappa shape index (κ3) is 6.54. The molecule has 2 heterocycles. The average molecular weight is 844 g/mol. The molecule has 5 heteroatoms. The van der Waals surface area contributed by atoms with Crippen molar-refractivity contribution in [2.24, 2.45) is 0 Å². The van der Waals surface area contributed by atoms with E-state index in [2.05, 4.69) is 156 Å². The summed E-state index contributed by atoms with van der Waals surface area (Å²) in [6.45, 7) is 6.76. The molecule has 0 aliphatic heterocycles. The minimum absolute atomic E-state index is 0.0546. The van der Waals surface area contributed by atoms with Gasteiger partial charge in [0, 0.05) is 55.7 Å². The second-order valence-electron chi connectivity index (χ2n) is 18.2. The molecular formula is C60H43F2N3. The largest absolute Gasteiger partial charge is 0.310 e. The summed E-state index contributed by atoms with van der Waals surface area (Å²) in [7, 11) is 0. The molecule has 0 spiro atoms. The lowest BCUT2D eigenvalue weighted by Crippen LogP contribution is -2.10. The highest BCUT2D eigenvalue weighted by molar-refractivity contribution is 6.27. The Balaban J connectivity index is 1.10. The predicted molar refractivity (Wildman–Crippen MR) is 270 cm³/mol. The van der Waals surface area contributed by atoms with Crippen molar-refractivity contribution in [2.75, 3.05) is 9.80 Å². The second kappa shape index (κ2) is 14.8. The highest BCUT2D eigenvalue weighted by Gasteiger charge is 2.22. The maximum atomic E-state index is 14.2. The molecule has 12 aromatic rings. The van der Waals surface area contributed by atoms with Gasteiger partial charge in [-0.25, -0.2) is 8.78 Å². The van der Waals surface area contributed by atoms with Crippen molar-refractivity contribution in [1.82, 2.24) is 4.40 Å². The van der Waals surface area contributed by atoms with Crippen LogP contribution < -0.4 is 9.80 Å². The Bertz CT molecular complexity index is 3520. The van der Waals surface area contributed by atoms with Gasteiger partial charge >= 0.3 is 0 Å². The standard InChI is InChI=1S/C60H43F2N3/c1-60(2,3)44-18-14-38(15-19-44)43-34-55-53-32-39-16-24-51(63(47-10-6-4-7-11-47)49-26-20-45(61)21-27-49)30-41(39)36-57(53)65-58-37-42-31-52(25-17-40(42)33-54(58)56(35-43)59(55)65)64(48-12-8-5-9-13-48)50-28-22-46(62)23-29-50/h4-37H,1-3H3. The maximum Gasteiger partial charge on any atom is 0.123 e. The van der Waals surface area contributed by atoms with Crippen LogP contribution in [0, 0.1) is 11.6 Å². The number of halogens is 2. The minimum atomic E-state index is -0.267. The first kappa shape index (κ1) is 38.6. The number of para-hydroxylation sites is 2. The highest BCUT2D eigenvalue weighted by atomic mass is 19.1. The summed E-state index contributed by atoms with van der Waals surface area (Å²) >= 11 is 0. The van der Waals surface area contributed by atoms with Crippen molar-refractivity contribution in [2.45, 2.75) is 26.2 Å². The molecule has 65 heavy (non-hydrogen) atoms. The van der Waals surface area contributed by atoms with Crippen molar-refractivity contribution >= 4 is 93.8 Å². The molecule has 0 saturated carbocycles. The molecule has 0 radical (unpaired) electrons. The van der Waals surface area contributed by atoms with Gasteiger partial charge < -0.3 is 14.2 Å². The number of fused-ring (bicyclic) bond motifs is 8. The number of anilines is 6. The molecule has 0 fully saturated rings. The zero-order chi connectivity index (χ0) is 44.0. The molecule has 0 saturated heterocycles. The van der Waals surface area contributed by atoms with Crippen LogP contribution >= 0.6 is 0 Å². The molecule has 0 unspecified atom stereocenters. The van der Waals surface area contributed by atoms with E-state index in [-0.39, 0.29) is 17.0 Å². The molecule has 0 N–H and O–H groups in total. The van der Waals surface area contributed by atoms with E-state index in [1.165, 1.54) is 68.0 Å². The molecule has 2 aromatic heterocycles. The fourth-order valence-corrected chi connectivity index (χ4v) is 9.84. The summed E-state index contributed by atoms with van der Waals surface area (Å²) in [6, 6.07) is 70.2. The summed E-state index contributed by atoms with van der Waals surface area (Å²) in [5.41, 5.74) is 12.9. The molecule has 312 valence electrons. The van der Waals surface area contributed by atoms with E-state index in [0.717, 1.165) is 66.7 Å². The SMILES string of the molecule is CC(C)(C)c1ccc(-c2cc3c4cc5ccc(N(c6ccccc6)c6ccc(F)cc6)cc5cc4n4c5cc6cc(N(c7ccccc7)c7ccc(F)cc7)ccc6cc5c(c2)c34)cc1. The molecular weight excluding hydrogens is 801 g/mol. The Morgan fingerprint density at radius 1 is 0.354 bits per heavy atom. The van der Waals surface area contributed by atoms with E-state index >= 15 is 0 Å². The van der Waals surface area contributed by atoms with Crippen LogP contribution in [0.25, 0.3) is 70.8 Å². The van der Waals surface area contributed by atoms with Gasteiger partial charge in [-0.05, 0) is 177 Å². The molecule has 0 atom stereocenters. The van der Waals surface area contributed by atoms with Gasteiger partial charge in [0.1, 0.15) is 11.6 Å². The highest BCUT2D eigenvalue weighted by Crippen LogP contribution is 2.46. The smallest absolute Gasteiger partial charge is 0.123 e. The van der Waals surface area contributed by atoms with Crippen molar-refractivity contribution in [3.05, 3.63) is 223 Å². The lowest BCUT2D eigenvalue weighted by atomic mass is 9.86. The quantitative estimate of drug-likeness (QED) is 0.158. The number of hydrogen-bond donors (Lipinski definition) is 0. The first-order valence-electron chi connectivity index (χ1n) is 22.1. The van der Waals surface area contributed by atoms with Gasteiger partial charge in [0.15, 0.2) is 0 Å². The van der Waals surface area contributed by atoms with Crippen molar-refractivity contribution in [3.8, 4) is 11.1 Å². The third-order valence-corrected chi connectivity index (χ3v) is 13.1. The number of aromatic nitrogens is 1. The van der Waals surface area contributed by atoms with Gasteiger partial charge in [-0.1, -0.05) is 93.6 Å². The van der Waals surface area contributed by atoms with E-state index in [9.17, 15) is 8.78 Å². The first-order chi connectivity index (χ1) is 31.6. The van der Waals surface area contributed by atoms with Crippen LogP contribution in [-0.2, 0) is 5.41 Å². The van der Waals surface area contributed by atoms with Gasteiger partial charge in [-0.3, -0.25) is 0 Å². The first-order valence-corrected chi connectivity index (χ1v) is 22.1. The van der Waals surface area contributed by atoms with Crippen LogP contribution in [0.15, 0.2) is 206 Å². The van der Waals surface area contributed by atoms with Crippen LogP contribution in [0.4, 0.5) is 42.9 Å². The Hall–Kier alpha value is -8.02. The Kier molecular flexibility index (Phi) is 8.79. The van der Waals surface area contributed by atoms with Gasteiger partial charge in [-0.15, -0.1) is 0 Å². The predicted octanol–water partition coefficient (Wildman–Crippen LogP) is 17.3. The van der Waals surface area contributed by atoms with Crippen molar-refractivity contribution in [3.63, 3.8) is 0 Å². The number of hydrogen-bond acceptors (Lipinski definition) is 2.